The smallest absolute Gasteiger partial charge is 0.159 e. The van der Waals surface area contributed by atoms with Gasteiger partial charge in [-0.2, -0.15) is 0 Å². The van der Waals surface area contributed by atoms with Crippen molar-refractivity contribution >= 4 is 12.2 Å². The van der Waals surface area contributed by atoms with Crippen LogP contribution in [-0.2, 0) is 6.42 Å². The maximum absolute atomic E-state index is 10.4. The highest BCUT2D eigenvalue weighted by atomic mass is 16.5. The van der Waals surface area contributed by atoms with E-state index in [0.717, 1.165) is 24.1 Å². The van der Waals surface area contributed by atoms with Gasteiger partial charge in [0.15, 0.2) is 5.76 Å². The number of benzene rings is 2. The number of nitrogens with zero attached hydrogens (tertiary/aromatic N) is 1. The Morgan fingerprint density at radius 2 is 1.88 bits per heavy atom. The van der Waals surface area contributed by atoms with Crippen LogP contribution < -0.4 is 10.1 Å². The fourth-order valence-corrected chi connectivity index (χ4v) is 3.23. The SMILES string of the molecule is Cc1cc(/C=C\c2ccccc2OCC(O)CNC(C)(C)CCc2ccc(O)cc2)on1. The lowest BCUT2D eigenvalue weighted by atomic mass is 9.95. The van der Waals surface area contributed by atoms with Gasteiger partial charge < -0.3 is 24.8 Å². The predicted octanol–water partition coefficient (Wildman–Crippen LogP) is 4.60. The number of aromatic hydroxyl groups is 1. The Balaban J connectivity index is 1.46. The average molecular weight is 437 g/mol. The van der Waals surface area contributed by atoms with Crippen molar-refractivity contribution < 1.29 is 19.5 Å². The Morgan fingerprint density at radius 1 is 1.12 bits per heavy atom. The summed E-state index contributed by atoms with van der Waals surface area (Å²) in [5.41, 5.74) is 2.76. The summed E-state index contributed by atoms with van der Waals surface area (Å²) in [4.78, 5) is 0. The molecular formula is C26H32N2O4. The van der Waals surface area contributed by atoms with Gasteiger partial charge in [0.2, 0.25) is 0 Å². The molecule has 0 aliphatic carbocycles. The summed E-state index contributed by atoms with van der Waals surface area (Å²) in [6.45, 7) is 6.73. The molecule has 0 radical (unpaired) electrons. The van der Waals surface area contributed by atoms with Gasteiger partial charge in [0.25, 0.3) is 0 Å². The van der Waals surface area contributed by atoms with E-state index in [1.165, 1.54) is 5.56 Å². The molecule has 1 atom stereocenters. The molecule has 0 aliphatic rings. The minimum atomic E-state index is -0.642. The van der Waals surface area contributed by atoms with Crippen LogP contribution in [0.25, 0.3) is 12.2 Å². The summed E-state index contributed by atoms with van der Waals surface area (Å²) in [6.07, 6.45) is 4.90. The molecule has 0 spiro atoms. The van der Waals surface area contributed by atoms with E-state index in [-0.39, 0.29) is 17.9 Å². The highest BCUT2D eigenvalue weighted by Gasteiger charge is 2.19. The van der Waals surface area contributed by atoms with Crippen molar-refractivity contribution in [2.45, 2.75) is 45.3 Å². The highest BCUT2D eigenvalue weighted by molar-refractivity contribution is 5.70. The number of para-hydroxylation sites is 1. The molecule has 1 aromatic heterocycles. The molecule has 2 aromatic carbocycles. The lowest BCUT2D eigenvalue weighted by Crippen LogP contribution is -2.45. The van der Waals surface area contributed by atoms with Crippen molar-refractivity contribution in [3.8, 4) is 11.5 Å². The minimum absolute atomic E-state index is 0.144. The van der Waals surface area contributed by atoms with Crippen LogP contribution in [0, 0.1) is 6.92 Å². The molecule has 3 aromatic rings. The quantitative estimate of drug-likeness (QED) is 0.407. The molecule has 0 aliphatic heterocycles. The molecule has 0 saturated heterocycles. The third-order valence-corrected chi connectivity index (χ3v) is 5.21. The molecule has 0 bridgehead atoms. The Kier molecular flexibility index (Phi) is 8.09. The van der Waals surface area contributed by atoms with Gasteiger partial charge in [-0.3, -0.25) is 0 Å². The van der Waals surface area contributed by atoms with Gasteiger partial charge in [-0.15, -0.1) is 0 Å². The zero-order chi connectivity index (χ0) is 23.0. The Hall–Kier alpha value is -3.09. The fraction of sp³-hybridized carbons (Fsp3) is 0.346. The number of aryl methyl sites for hydroxylation is 2. The van der Waals surface area contributed by atoms with Crippen LogP contribution in [0.5, 0.6) is 11.5 Å². The normalized spacial score (nSPS) is 12.9. The van der Waals surface area contributed by atoms with E-state index < -0.39 is 6.10 Å². The van der Waals surface area contributed by atoms with Crippen molar-refractivity contribution in [2.75, 3.05) is 13.2 Å². The van der Waals surface area contributed by atoms with Gasteiger partial charge in [-0.1, -0.05) is 35.5 Å². The van der Waals surface area contributed by atoms with E-state index in [2.05, 4.69) is 24.3 Å². The number of phenols is 1. The van der Waals surface area contributed by atoms with Gasteiger partial charge in [0.1, 0.15) is 24.2 Å². The number of aliphatic hydroxyl groups excluding tert-OH is 1. The number of β-amino-alcohol motifs (C(OH)–C–C–N with tert-alkyl or cyclic N) is 1. The molecule has 170 valence electrons. The van der Waals surface area contributed by atoms with Gasteiger partial charge in [-0.25, -0.2) is 0 Å². The van der Waals surface area contributed by atoms with Gasteiger partial charge in [-0.05, 0) is 69.5 Å². The van der Waals surface area contributed by atoms with E-state index in [1.807, 2.05) is 61.5 Å². The monoisotopic (exact) mass is 436 g/mol. The van der Waals surface area contributed by atoms with Crippen molar-refractivity contribution in [3.05, 3.63) is 77.2 Å². The average Bonchev–Trinajstić information content (AvgIpc) is 3.20. The summed E-state index contributed by atoms with van der Waals surface area (Å²) in [6, 6.07) is 16.8. The number of hydrogen-bond acceptors (Lipinski definition) is 6. The summed E-state index contributed by atoms with van der Waals surface area (Å²) in [5.74, 6) is 1.65. The van der Waals surface area contributed by atoms with E-state index in [9.17, 15) is 10.2 Å². The first-order valence-corrected chi connectivity index (χ1v) is 10.8. The first-order valence-electron chi connectivity index (χ1n) is 10.8. The number of phenolic OH excluding ortho intramolecular Hbond substituents is 1. The zero-order valence-electron chi connectivity index (χ0n) is 18.9. The summed E-state index contributed by atoms with van der Waals surface area (Å²) >= 11 is 0. The van der Waals surface area contributed by atoms with Crippen LogP contribution in [0.3, 0.4) is 0 Å². The van der Waals surface area contributed by atoms with E-state index in [0.29, 0.717) is 18.1 Å². The molecule has 0 saturated carbocycles. The Bertz CT molecular complexity index is 1010. The Morgan fingerprint density at radius 3 is 2.59 bits per heavy atom. The highest BCUT2D eigenvalue weighted by Crippen LogP contribution is 2.21. The van der Waals surface area contributed by atoms with Crippen LogP contribution in [0.1, 0.15) is 42.8 Å². The fourth-order valence-electron chi connectivity index (χ4n) is 3.23. The van der Waals surface area contributed by atoms with Crippen molar-refractivity contribution in [2.24, 2.45) is 0 Å². The number of ether oxygens (including phenoxy) is 1. The Labute approximate surface area is 189 Å². The largest absolute Gasteiger partial charge is 0.508 e. The van der Waals surface area contributed by atoms with Crippen molar-refractivity contribution in [3.63, 3.8) is 0 Å². The van der Waals surface area contributed by atoms with Crippen molar-refractivity contribution in [1.82, 2.24) is 10.5 Å². The number of aliphatic hydroxyl groups is 1. The lowest BCUT2D eigenvalue weighted by Gasteiger charge is -2.28. The van der Waals surface area contributed by atoms with E-state index in [1.54, 1.807) is 12.1 Å². The molecule has 0 amide bonds. The minimum Gasteiger partial charge on any atom is -0.508 e. The maximum atomic E-state index is 10.4. The van der Waals surface area contributed by atoms with Gasteiger partial charge in [0, 0.05) is 23.7 Å². The zero-order valence-corrected chi connectivity index (χ0v) is 18.9. The molecule has 32 heavy (non-hydrogen) atoms. The molecule has 3 N–H and O–H groups in total. The first kappa shape index (κ1) is 23.6. The van der Waals surface area contributed by atoms with Crippen LogP contribution in [0.15, 0.2) is 59.1 Å². The predicted molar refractivity (Wildman–Crippen MR) is 127 cm³/mol. The summed E-state index contributed by atoms with van der Waals surface area (Å²) < 4.78 is 11.1. The van der Waals surface area contributed by atoms with Crippen LogP contribution >= 0.6 is 0 Å². The second kappa shape index (κ2) is 11.0. The summed E-state index contributed by atoms with van der Waals surface area (Å²) in [7, 11) is 0. The van der Waals surface area contributed by atoms with Crippen molar-refractivity contribution in [1.29, 1.82) is 0 Å². The molecule has 3 rings (SSSR count). The molecule has 1 heterocycles. The summed E-state index contributed by atoms with van der Waals surface area (Å²) in [5, 5.41) is 27.1. The number of aromatic nitrogens is 1. The topological polar surface area (TPSA) is 87.8 Å². The molecule has 6 nitrogen and oxygen atoms in total. The maximum Gasteiger partial charge on any atom is 0.159 e. The number of rotatable bonds is 11. The molecular weight excluding hydrogens is 404 g/mol. The second-order valence-corrected chi connectivity index (χ2v) is 8.64. The van der Waals surface area contributed by atoms with E-state index >= 15 is 0 Å². The number of nitrogens with one attached hydrogen (secondary N) is 1. The van der Waals surface area contributed by atoms with Gasteiger partial charge in [0.05, 0.1) is 5.69 Å². The van der Waals surface area contributed by atoms with Crippen LogP contribution in [0.4, 0.5) is 0 Å². The van der Waals surface area contributed by atoms with E-state index in [4.69, 9.17) is 9.26 Å². The van der Waals surface area contributed by atoms with Gasteiger partial charge >= 0.3 is 0 Å². The number of hydrogen-bond donors (Lipinski definition) is 3. The lowest BCUT2D eigenvalue weighted by molar-refractivity contribution is 0.0981. The van der Waals surface area contributed by atoms with Crippen LogP contribution in [-0.4, -0.2) is 40.2 Å². The second-order valence-electron chi connectivity index (χ2n) is 8.64. The molecule has 6 heteroatoms. The van der Waals surface area contributed by atoms with Crippen LogP contribution in [0.2, 0.25) is 0 Å². The third kappa shape index (κ3) is 7.55. The molecule has 0 fully saturated rings. The third-order valence-electron chi connectivity index (χ3n) is 5.21. The first-order chi connectivity index (χ1) is 15.3. The molecule has 1 unspecified atom stereocenters. The standard InChI is InChI=1S/C26H32N2O4/c1-19-16-24(32-28-19)13-10-21-6-4-5-7-25(21)31-18-23(30)17-27-26(2,3)15-14-20-8-11-22(29)12-9-20/h4-13,16,23,27,29-30H,14-15,17-18H2,1-3H3/b13-10-.